The summed E-state index contributed by atoms with van der Waals surface area (Å²) in [6, 6.07) is 7.78. The van der Waals surface area contributed by atoms with E-state index < -0.39 is 64.0 Å². The number of piperazine rings is 1. The highest BCUT2D eigenvalue weighted by molar-refractivity contribution is 7.89. The van der Waals surface area contributed by atoms with Gasteiger partial charge in [0.1, 0.15) is 11.9 Å². The third kappa shape index (κ3) is 7.72. The number of benzene rings is 2. The number of rotatable bonds is 10. The molecule has 1 fully saturated rings. The fraction of sp³-hybridized carbons (Fsp3) is 0.320. The maximum atomic E-state index is 12.9. The van der Waals surface area contributed by atoms with Gasteiger partial charge in [0.05, 0.1) is 18.0 Å². The van der Waals surface area contributed by atoms with Gasteiger partial charge in [0.15, 0.2) is 11.5 Å². The number of esters is 2. The molecule has 2 aliphatic heterocycles. The molecule has 236 valence electrons. The molecule has 4 rings (SSSR count). The zero-order chi connectivity index (χ0) is 32.2. The standard InChI is InChI=1S/C25H25F3N6O9S/c26-25(27,28)24(38)43-23(37)17(32-44(39,40)16-5-6-18-19(9-16)42-13-41-18)10-31-20(35)11-34-8-7-33(12-21(34)36)15-3-1-14(2-4-15)22(29)30/h1-6,9,17,32H,7-8,10-13H2,(H3,29,30)(H,31,35)/t17-/m0/s1. The number of alkyl halides is 3. The number of sulfonamides is 1. The highest BCUT2D eigenvalue weighted by Gasteiger charge is 2.44. The summed E-state index contributed by atoms with van der Waals surface area (Å²) in [5.74, 6) is -5.99. The van der Waals surface area contributed by atoms with Crippen molar-refractivity contribution in [3.8, 4) is 11.5 Å². The van der Waals surface area contributed by atoms with Crippen molar-refractivity contribution in [1.29, 1.82) is 5.41 Å². The van der Waals surface area contributed by atoms with Crippen LogP contribution in [0.15, 0.2) is 47.4 Å². The van der Waals surface area contributed by atoms with Crippen molar-refractivity contribution < 1.29 is 55.0 Å². The van der Waals surface area contributed by atoms with Crippen LogP contribution in [0.1, 0.15) is 5.56 Å². The lowest BCUT2D eigenvalue weighted by atomic mass is 10.1. The predicted octanol–water partition coefficient (Wildman–Crippen LogP) is -0.557. The molecule has 0 radical (unpaired) electrons. The number of carbonyl (C=O) groups excluding carboxylic acids is 4. The van der Waals surface area contributed by atoms with Gasteiger partial charge in [-0.05, 0) is 36.4 Å². The maximum absolute atomic E-state index is 12.9. The number of nitrogens with one attached hydrogen (secondary N) is 3. The topological polar surface area (TPSA) is 211 Å². The van der Waals surface area contributed by atoms with E-state index >= 15 is 0 Å². The van der Waals surface area contributed by atoms with Gasteiger partial charge in [-0.25, -0.2) is 18.0 Å². The summed E-state index contributed by atoms with van der Waals surface area (Å²) in [5.41, 5.74) is 6.62. The fourth-order valence-electron chi connectivity index (χ4n) is 4.09. The van der Waals surface area contributed by atoms with Gasteiger partial charge < -0.3 is 35.1 Å². The van der Waals surface area contributed by atoms with Crippen molar-refractivity contribution in [2.24, 2.45) is 5.73 Å². The summed E-state index contributed by atoms with van der Waals surface area (Å²) in [5, 5.41) is 9.63. The van der Waals surface area contributed by atoms with Gasteiger partial charge in [0, 0.05) is 37.0 Å². The molecule has 2 aliphatic rings. The Morgan fingerprint density at radius 1 is 1.07 bits per heavy atom. The Bertz CT molecular complexity index is 1580. The zero-order valence-electron chi connectivity index (χ0n) is 22.5. The Morgan fingerprint density at radius 3 is 2.39 bits per heavy atom. The number of hydrogen-bond acceptors (Lipinski definition) is 11. The number of amidine groups is 1. The summed E-state index contributed by atoms with van der Waals surface area (Å²) in [7, 11) is -4.64. The molecular formula is C25H25F3N6O9S. The van der Waals surface area contributed by atoms with Gasteiger partial charge in [-0.15, -0.1) is 0 Å². The lowest BCUT2D eigenvalue weighted by Crippen LogP contribution is -2.55. The molecule has 0 bridgehead atoms. The zero-order valence-corrected chi connectivity index (χ0v) is 23.4. The number of fused-ring (bicyclic) bond motifs is 1. The number of nitrogens with zero attached hydrogens (tertiary/aromatic N) is 2. The molecule has 0 spiro atoms. The quantitative estimate of drug-likeness (QED) is 0.112. The molecule has 0 aromatic heterocycles. The van der Waals surface area contributed by atoms with Crippen LogP contribution in [0, 0.1) is 5.41 Å². The Hall–Kier alpha value is -4.91. The van der Waals surface area contributed by atoms with Crippen LogP contribution in [0.25, 0.3) is 0 Å². The highest BCUT2D eigenvalue weighted by atomic mass is 32.2. The van der Waals surface area contributed by atoms with E-state index in [9.17, 15) is 40.8 Å². The van der Waals surface area contributed by atoms with E-state index in [1.54, 1.807) is 29.2 Å². The van der Waals surface area contributed by atoms with Gasteiger partial charge in [0.2, 0.25) is 28.6 Å². The normalized spacial score (nSPS) is 15.5. The van der Waals surface area contributed by atoms with Gasteiger partial charge in [-0.1, -0.05) is 0 Å². The third-order valence-corrected chi connectivity index (χ3v) is 7.83. The lowest BCUT2D eigenvalue weighted by molar-refractivity contribution is -0.202. The van der Waals surface area contributed by atoms with Crippen LogP contribution in [-0.4, -0.2) is 94.6 Å². The van der Waals surface area contributed by atoms with Crippen LogP contribution in [0.5, 0.6) is 11.5 Å². The Kier molecular flexibility index (Phi) is 9.28. The van der Waals surface area contributed by atoms with Crippen LogP contribution in [0.2, 0.25) is 0 Å². The minimum Gasteiger partial charge on any atom is -0.454 e. The molecule has 2 heterocycles. The molecule has 5 N–H and O–H groups in total. The first kappa shape index (κ1) is 32.0. The summed E-state index contributed by atoms with van der Waals surface area (Å²) < 4.78 is 79.7. The number of nitrogen functional groups attached to an aromatic ring is 1. The largest absolute Gasteiger partial charge is 0.491 e. The summed E-state index contributed by atoms with van der Waals surface area (Å²) in [6.07, 6.45) is -5.56. The van der Waals surface area contributed by atoms with E-state index in [1.807, 2.05) is 4.72 Å². The van der Waals surface area contributed by atoms with E-state index in [0.717, 1.165) is 12.1 Å². The molecule has 0 saturated carbocycles. The van der Waals surface area contributed by atoms with E-state index in [0.29, 0.717) is 17.8 Å². The van der Waals surface area contributed by atoms with Crippen molar-refractivity contribution in [3.63, 3.8) is 0 Å². The fourth-order valence-corrected chi connectivity index (χ4v) is 5.29. The van der Waals surface area contributed by atoms with Crippen LogP contribution in [0.3, 0.4) is 0 Å². The van der Waals surface area contributed by atoms with Gasteiger partial charge in [-0.2, -0.15) is 17.9 Å². The number of halogens is 3. The maximum Gasteiger partial charge on any atom is 0.491 e. The number of hydrogen-bond donors (Lipinski definition) is 4. The highest BCUT2D eigenvalue weighted by Crippen LogP contribution is 2.33. The molecule has 0 aliphatic carbocycles. The molecule has 44 heavy (non-hydrogen) atoms. The number of carbonyl (C=O) groups is 4. The SMILES string of the molecule is N=C(N)c1ccc(N2CCN(CC(=O)NC[C@H](NS(=O)(=O)c3ccc4c(c3)OCO4)C(=O)OC(=O)C(F)(F)F)C(=O)C2)cc1. The lowest BCUT2D eigenvalue weighted by Gasteiger charge is -2.35. The Morgan fingerprint density at radius 2 is 1.75 bits per heavy atom. The van der Waals surface area contributed by atoms with Crippen molar-refractivity contribution in [2.45, 2.75) is 17.1 Å². The monoisotopic (exact) mass is 642 g/mol. The second-order valence-electron chi connectivity index (χ2n) is 9.40. The first-order valence-electron chi connectivity index (χ1n) is 12.6. The van der Waals surface area contributed by atoms with Crippen LogP contribution in [0.4, 0.5) is 18.9 Å². The van der Waals surface area contributed by atoms with Crippen molar-refractivity contribution >= 4 is 45.3 Å². The number of ether oxygens (including phenoxy) is 3. The number of amides is 2. The minimum absolute atomic E-state index is 0.0467. The van der Waals surface area contributed by atoms with Crippen LogP contribution >= 0.6 is 0 Å². The molecule has 2 amide bonds. The molecule has 19 heteroatoms. The van der Waals surface area contributed by atoms with Crippen molar-refractivity contribution in [3.05, 3.63) is 48.0 Å². The van der Waals surface area contributed by atoms with Crippen molar-refractivity contribution in [2.75, 3.05) is 44.4 Å². The van der Waals surface area contributed by atoms with Gasteiger partial charge in [0.25, 0.3) is 0 Å². The number of anilines is 1. The van der Waals surface area contributed by atoms with Crippen LogP contribution in [-0.2, 0) is 33.9 Å². The molecule has 1 atom stereocenters. The van der Waals surface area contributed by atoms with E-state index in [2.05, 4.69) is 10.1 Å². The number of nitrogens with two attached hydrogens (primary N) is 1. The second kappa shape index (κ2) is 12.8. The molecule has 2 aromatic carbocycles. The summed E-state index contributed by atoms with van der Waals surface area (Å²) in [4.78, 5) is 51.4. The smallest absolute Gasteiger partial charge is 0.454 e. The van der Waals surface area contributed by atoms with E-state index in [1.165, 1.54) is 11.0 Å². The molecule has 0 unspecified atom stereocenters. The minimum atomic E-state index is -5.56. The van der Waals surface area contributed by atoms with E-state index in [-0.39, 0.29) is 37.2 Å². The van der Waals surface area contributed by atoms with Crippen LogP contribution < -0.4 is 30.1 Å². The predicted molar refractivity (Wildman–Crippen MR) is 143 cm³/mol. The molecular weight excluding hydrogens is 617 g/mol. The van der Waals surface area contributed by atoms with Gasteiger partial charge in [-0.3, -0.25) is 15.0 Å². The summed E-state index contributed by atoms with van der Waals surface area (Å²) in [6.45, 7) is -1.31. The first-order chi connectivity index (χ1) is 20.6. The third-order valence-electron chi connectivity index (χ3n) is 6.36. The summed E-state index contributed by atoms with van der Waals surface area (Å²) >= 11 is 0. The second-order valence-corrected chi connectivity index (χ2v) is 11.1. The first-order valence-corrected chi connectivity index (χ1v) is 14.1. The molecule has 15 nitrogen and oxygen atoms in total. The Balaban J connectivity index is 1.39. The molecule has 1 saturated heterocycles. The average molecular weight is 643 g/mol. The van der Waals surface area contributed by atoms with Gasteiger partial charge >= 0.3 is 18.1 Å². The Labute approximate surface area is 247 Å². The van der Waals surface area contributed by atoms with E-state index in [4.69, 9.17) is 20.6 Å². The van der Waals surface area contributed by atoms with Crippen molar-refractivity contribution in [1.82, 2.24) is 14.9 Å². The molecule has 2 aromatic rings. The average Bonchev–Trinajstić information content (AvgIpc) is 3.44.